The predicted octanol–water partition coefficient (Wildman–Crippen LogP) is 0.969. The van der Waals surface area contributed by atoms with E-state index in [0.717, 1.165) is 13.1 Å². The van der Waals surface area contributed by atoms with Crippen molar-refractivity contribution in [2.24, 2.45) is 11.1 Å². The number of nitrogens with one attached hydrogen (secondary N) is 1. The SMILES string of the molecule is C[C@H](N)CNCC(C)(C)C. The topological polar surface area (TPSA) is 38.0 Å². The summed E-state index contributed by atoms with van der Waals surface area (Å²) in [5, 5.41) is 3.30. The highest BCUT2D eigenvalue weighted by molar-refractivity contribution is 4.66. The molecule has 0 aromatic carbocycles. The van der Waals surface area contributed by atoms with Crippen molar-refractivity contribution in [2.45, 2.75) is 33.7 Å². The lowest BCUT2D eigenvalue weighted by Gasteiger charge is -2.19. The van der Waals surface area contributed by atoms with Crippen molar-refractivity contribution >= 4 is 0 Å². The number of hydrogen-bond acceptors (Lipinski definition) is 2. The minimum atomic E-state index is 0.266. The molecule has 0 heterocycles. The van der Waals surface area contributed by atoms with Gasteiger partial charge in [0.05, 0.1) is 0 Å². The van der Waals surface area contributed by atoms with Crippen molar-refractivity contribution in [2.75, 3.05) is 13.1 Å². The van der Waals surface area contributed by atoms with Crippen LogP contribution in [0.1, 0.15) is 27.7 Å². The van der Waals surface area contributed by atoms with Crippen LogP contribution in [-0.4, -0.2) is 19.1 Å². The van der Waals surface area contributed by atoms with Gasteiger partial charge in [-0.25, -0.2) is 0 Å². The van der Waals surface area contributed by atoms with Crippen LogP contribution in [0.2, 0.25) is 0 Å². The first-order valence-electron chi connectivity index (χ1n) is 3.88. The lowest BCUT2D eigenvalue weighted by molar-refractivity contribution is 0.375. The molecule has 0 aromatic rings. The first-order chi connectivity index (χ1) is 4.42. The zero-order valence-corrected chi connectivity index (χ0v) is 7.57. The summed E-state index contributed by atoms with van der Waals surface area (Å²) in [5.74, 6) is 0. The van der Waals surface area contributed by atoms with Gasteiger partial charge in [-0.3, -0.25) is 0 Å². The van der Waals surface area contributed by atoms with Crippen LogP contribution in [0.15, 0.2) is 0 Å². The van der Waals surface area contributed by atoms with Gasteiger partial charge in [-0.2, -0.15) is 0 Å². The molecule has 0 fully saturated rings. The molecule has 1 atom stereocenters. The van der Waals surface area contributed by atoms with Crippen molar-refractivity contribution < 1.29 is 0 Å². The quantitative estimate of drug-likeness (QED) is 0.619. The maximum Gasteiger partial charge on any atom is 0.0136 e. The van der Waals surface area contributed by atoms with E-state index in [4.69, 9.17) is 5.73 Å². The Morgan fingerprint density at radius 1 is 1.40 bits per heavy atom. The largest absolute Gasteiger partial charge is 0.327 e. The van der Waals surface area contributed by atoms with E-state index in [2.05, 4.69) is 26.1 Å². The normalized spacial score (nSPS) is 15.3. The molecule has 0 bridgehead atoms. The molecule has 0 aromatic heterocycles. The molecule has 0 rings (SSSR count). The molecular formula is C8H20N2. The third-order valence-electron chi connectivity index (χ3n) is 1.12. The van der Waals surface area contributed by atoms with E-state index in [0.29, 0.717) is 5.41 Å². The summed E-state index contributed by atoms with van der Waals surface area (Å²) < 4.78 is 0. The van der Waals surface area contributed by atoms with Crippen molar-refractivity contribution in [3.8, 4) is 0 Å². The van der Waals surface area contributed by atoms with Crippen LogP contribution in [0, 0.1) is 5.41 Å². The Balaban J connectivity index is 3.21. The Morgan fingerprint density at radius 2 is 1.90 bits per heavy atom. The molecule has 0 aliphatic rings. The summed E-state index contributed by atoms with van der Waals surface area (Å²) in [5.41, 5.74) is 5.93. The van der Waals surface area contributed by atoms with Gasteiger partial charge in [0.2, 0.25) is 0 Å². The average Bonchev–Trinajstić information content (AvgIpc) is 1.59. The number of hydrogen-bond donors (Lipinski definition) is 2. The first-order valence-corrected chi connectivity index (χ1v) is 3.88. The minimum absolute atomic E-state index is 0.266. The lowest BCUT2D eigenvalue weighted by Crippen LogP contribution is -2.35. The highest BCUT2D eigenvalue weighted by atomic mass is 14.9. The summed E-state index contributed by atoms with van der Waals surface area (Å²) in [6.07, 6.45) is 0. The summed E-state index contributed by atoms with van der Waals surface area (Å²) in [6.45, 7) is 10.6. The molecule has 3 N–H and O–H groups in total. The molecule has 0 spiro atoms. The van der Waals surface area contributed by atoms with Crippen LogP contribution in [0.4, 0.5) is 0 Å². The van der Waals surface area contributed by atoms with E-state index in [1.54, 1.807) is 0 Å². The molecule has 0 saturated heterocycles. The average molecular weight is 144 g/mol. The van der Waals surface area contributed by atoms with Crippen molar-refractivity contribution in [1.29, 1.82) is 0 Å². The van der Waals surface area contributed by atoms with Gasteiger partial charge in [0.25, 0.3) is 0 Å². The highest BCUT2D eigenvalue weighted by Gasteiger charge is 2.08. The van der Waals surface area contributed by atoms with Gasteiger partial charge in [-0.05, 0) is 12.3 Å². The third-order valence-corrected chi connectivity index (χ3v) is 1.12. The van der Waals surface area contributed by atoms with Gasteiger partial charge in [0.1, 0.15) is 0 Å². The van der Waals surface area contributed by atoms with Gasteiger partial charge in [0, 0.05) is 19.1 Å². The zero-order valence-electron chi connectivity index (χ0n) is 7.57. The van der Waals surface area contributed by atoms with Crippen molar-refractivity contribution in [1.82, 2.24) is 5.32 Å². The van der Waals surface area contributed by atoms with Gasteiger partial charge < -0.3 is 11.1 Å². The van der Waals surface area contributed by atoms with Gasteiger partial charge >= 0.3 is 0 Å². The Hall–Kier alpha value is -0.0800. The molecule has 10 heavy (non-hydrogen) atoms. The molecular weight excluding hydrogens is 124 g/mol. The summed E-state index contributed by atoms with van der Waals surface area (Å²) in [7, 11) is 0. The molecule has 0 saturated carbocycles. The summed E-state index contributed by atoms with van der Waals surface area (Å²) in [6, 6.07) is 0.266. The fraction of sp³-hybridized carbons (Fsp3) is 1.00. The minimum Gasteiger partial charge on any atom is -0.327 e. The molecule has 0 unspecified atom stereocenters. The highest BCUT2D eigenvalue weighted by Crippen LogP contribution is 2.09. The van der Waals surface area contributed by atoms with E-state index < -0.39 is 0 Å². The zero-order chi connectivity index (χ0) is 8.20. The third kappa shape index (κ3) is 7.92. The number of nitrogens with two attached hydrogens (primary N) is 1. The molecule has 0 aliphatic heterocycles. The van der Waals surface area contributed by atoms with Crippen LogP contribution in [0.5, 0.6) is 0 Å². The standard InChI is InChI=1S/C8H20N2/c1-7(9)5-10-6-8(2,3)4/h7,10H,5-6,9H2,1-4H3/t7-/m0/s1. The first kappa shape index (κ1) is 9.92. The second kappa shape index (κ2) is 3.94. The second-order valence-corrected chi connectivity index (χ2v) is 4.17. The van der Waals surface area contributed by atoms with E-state index in [1.165, 1.54) is 0 Å². The molecule has 0 amide bonds. The lowest BCUT2D eigenvalue weighted by atomic mass is 9.97. The summed E-state index contributed by atoms with van der Waals surface area (Å²) >= 11 is 0. The van der Waals surface area contributed by atoms with E-state index in [-0.39, 0.29) is 6.04 Å². The fourth-order valence-electron chi connectivity index (χ4n) is 0.675. The van der Waals surface area contributed by atoms with Gasteiger partial charge in [0.15, 0.2) is 0 Å². The van der Waals surface area contributed by atoms with E-state index >= 15 is 0 Å². The smallest absolute Gasteiger partial charge is 0.0136 e. The maximum absolute atomic E-state index is 5.56. The van der Waals surface area contributed by atoms with Crippen molar-refractivity contribution in [3.05, 3.63) is 0 Å². The Labute approximate surface area is 64.2 Å². The molecule has 2 nitrogen and oxygen atoms in total. The summed E-state index contributed by atoms with van der Waals surface area (Å²) in [4.78, 5) is 0. The van der Waals surface area contributed by atoms with E-state index in [1.807, 2.05) is 6.92 Å². The van der Waals surface area contributed by atoms with Gasteiger partial charge in [-0.15, -0.1) is 0 Å². The van der Waals surface area contributed by atoms with Gasteiger partial charge in [-0.1, -0.05) is 20.8 Å². The number of rotatable bonds is 3. The Bertz CT molecular complexity index is 81.7. The Kier molecular flexibility index (Phi) is 3.91. The molecule has 2 heteroatoms. The van der Waals surface area contributed by atoms with Crippen LogP contribution in [0.3, 0.4) is 0 Å². The van der Waals surface area contributed by atoms with Crippen LogP contribution < -0.4 is 11.1 Å². The van der Waals surface area contributed by atoms with Crippen LogP contribution in [-0.2, 0) is 0 Å². The molecule has 0 aliphatic carbocycles. The molecule has 0 radical (unpaired) electrons. The maximum atomic E-state index is 5.56. The predicted molar refractivity (Wildman–Crippen MR) is 46.0 cm³/mol. The van der Waals surface area contributed by atoms with Crippen molar-refractivity contribution in [3.63, 3.8) is 0 Å². The van der Waals surface area contributed by atoms with Crippen LogP contribution in [0.25, 0.3) is 0 Å². The Morgan fingerprint density at radius 3 is 2.20 bits per heavy atom. The molecule has 62 valence electrons. The van der Waals surface area contributed by atoms with Crippen LogP contribution >= 0.6 is 0 Å². The van der Waals surface area contributed by atoms with E-state index in [9.17, 15) is 0 Å². The monoisotopic (exact) mass is 144 g/mol. The fourth-order valence-corrected chi connectivity index (χ4v) is 0.675. The second-order valence-electron chi connectivity index (χ2n) is 4.17.